The van der Waals surface area contributed by atoms with E-state index >= 15 is 0 Å². The minimum absolute atomic E-state index is 0.372. The number of carbonyl (C=O) groups is 1. The van der Waals surface area contributed by atoms with E-state index in [4.69, 9.17) is 14.2 Å². The first kappa shape index (κ1) is 19.8. The van der Waals surface area contributed by atoms with Crippen molar-refractivity contribution in [1.82, 2.24) is 5.43 Å². The van der Waals surface area contributed by atoms with E-state index in [0.29, 0.717) is 30.3 Å². The first-order chi connectivity index (χ1) is 12.6. The number of ether oxygens (including phenoxy) is 3. The van der Waals surface area contributed by atoms with Crippen LogP contribution in [-0.2, 0) is 0 Å². The smallest absolute Gasteiger partial charge is 0.275 e. The summed E-state index contributed by atoms with van der Waals surface area (Å²) in [5.74, 6) is 1.45. The molecule has 2 aromatic rings. The average Bonchev–Trinajstić information content (AvgIpc) is 2.63. The maximum Gasteiger partial charge on any atom is 0.275 e. The molecule has 1 N–H and O–H groups in total. The highest BCUT2D eigenvalue weighted by Gasteiger charge is 2.12. The molecule has 0 aromatic heterocycles. The zero-order valence-electron chi connectivity index (χ0n) is 14.9. The van der Waals surface area contributed by atoms with Crippen molar-refractivity contribution in [1.29, 1.82) is 0 Å². The van der Waals surface area contributed by atoms with E-state index in [-0.39, 0.29) is 5.91 Å². The van der Waals surface area contributed by atoms with Gasteiger partial charge in [0.2, 0.25) is 0 Å². The van der Waals surface area contributed by atoms with Crippen molar-refractivity contribution in [2.45, 2.75) is 13.8 Å². The highest BCUT2D eigenvalue weighted by Crippen LogP contribution is 2.24. The average molecular weight is 421 g/mol. The van der Waals surface area contributed by atoms with Crippen molar-refractivity contribution in [3.8, 4) is 17.2 Å². The summed E-state index contributed by atoms with van der Waals surface area (Å²) in [5, 5.41) is 4.03. The van der Waals surface area contributed by atoms with Crippen LogP contribution in [0.25, 0.3) is 0 Å². The Morgan fingerprint density at radius 3 is 2.58 bits per heavy atom. The van der Waals surface area contributed by atoms with Gasteiger partial charge in [0.15, 0.2) is 0 Å². The van der Waals surface area contributed by atoms with E-state index in [9.17, 15) is 4.79 Å². The Balaban J connectivity index is 2.15. The number of hydrazone groups is 1. The van der Waals surface area contributed by atoms with Crippen LogP contribution in [0.4, 0.5) is 0 Å². The van der Waals surface area contributed by atoms with Crippen molar-refractivity contribution < 1.29 is 19.0 Å². The molecule has 0 spiro atoms. The van der Waals surface area contributed by atoms with Gasteiger partial charge in [-0.15, -0.1) is 0 Å². The molecule has 0 aliphatic heterocycles. The summed E-state index contributed by atoms with van der Waals surface area (Å²) >= 11 is 3.34. The number of carbonyl (C=O) groups excluding carboxylic acids is 1. The molecule has 138 valence electrons. The maximum atomic E-state index is 12.3. The molecule has 7 heteroatoms. The van der Waals surface area contributed by atoms with Gasteiger partial charge in [0, 0.05) is 16.1 Å². The number of hydrogen-bond donors (Lipinski definition) is 1. The molecule has 26 heavy (non-hydrogen) atoms. The molecule has 0 bridgehead atoms. The summed E-state index contributed by atoms with van der Waals surface area (Å²) in [5.41, 5.74) is 3.62. The molecular formula is C19H21BrN2O4. The number of nitrogens with zero attached hydrogens (tertiary/aromatic N) is 1. The predicted molar refractivity (Wildman–Crippen MR) is 105 cm³/mol. The van der Waals surface area contributed by atoms with Gasteiger partial charge in [0.05, 0.1) is 32.1 Å². The van der Waals surface area contributed by atoms with Crippen LogP contribution in [0, 0.1) is 0 Å². The molecule has 0 saturated heterocycles. The summed E-state index contributed by atoms with van der Waals surface area (Å²) in [6.45, 7) is 4.90. The second-order valence-corrected chi connectivity index (χ2v) is 6.03. The molecule has 1 amide bonds. The van der Waals surface area contributed by atoms with Crippen LogP contribution in [-0.4, -0.2) is 32.4 Å². The fourth-order valence-electron chi connectivity index (χ4n) is 2.24. The fraction of sp³-hybridized carbons (Fsp3) is 0.263. The van der Waals surface area contributed by atoms with Crippen LogP contribution in [0.15, 0.2) is 46.0 Å². The number of rotatable bonds is 8. The molecule has 6 nitrogen and oxygen atoms in total. The summed E-state index contributed by atoms with van der Waals surface area (Å²) in [4.78, 5) is 12.3. The number of amides is 1. The fourth-order valence-corrected chi connectivity index (χ4v) is 2.60. The lowest BCUT2D eigenvalue weighted by Gasteiger charge is -2.10. The molecule has 2 aromatic carbocycles. The maximum absolute atomic E-state index is 12.3. The standard InChI is InChI=1S/C19H21BrN2O4/c1-4-25-15-8-6-13(18(11-15)26-5-2)12-21-22-19(23)16-10-14(20)7-9-17(16)24-3/h6-12H,4-5H2,1-3H3,(H,22,23)/b21-12-. The highest BCUT2D eigenvalue weighted by molar-refractivity contribution is 9.10. The Kier molecular flexibility index (Phi) is 7.47. The lowest BCUT2D eigenvalue weighted by Crippen LogP contribution is -2.18. The van der Waals surface area contributed by atoms with E-state index in [1.165, 1.54) is 13.3 Å². The molecule has 0 fully saturated rings. The molecule has 0 aliphatic rings. The van der Waals surface area contributed by atoms with Crippen LogP contribution in [0.2, 0.25) is 0 Å². The molecule has 0 atom stereocenters. The van der Waals surface area contributed by atoms with Crippen LogP contribution in [0.3, 0.4) is 0 Å². The Hall–Kier alpha value is -2.54. The van der Waals surface area contributed by atoms with E-state index in [1.54, 1.807) is 24.3 Å². The Labute approximate surface area is 161 Å². The van der Waals surface area contributed by atoms with Crippen molar-refractivity contribution in [3.05, 3.63) is 52.0 Å². The minimum Gasteiger partial charge on any atom is -0.496 e. The van der Waals surface area contributed by atoms with Gasteiger partial charge in [-0.05, 0) is 44.2 Å². The van der Waals surface area contributed by atoms with E-state index in [2.05, 4.69) is 26.5 Å². The first-order valence-corrected chi connectivity index (χ1v) is 8.94. The SMILES string of the molecule is CCOc1ccc(/C=N\NC(=O)c2cc(Br)ccc2OC)c(OCC)c1. The van der Waals surface area contributed by atoms with E-state index < -0.39 is 0 Å². The Morgan fingerprint density at radius 1 is 1.12 bits per heavy atom. The molecule has 2 rings (SSSR count). The monoisotopic (exact) mass is 420 g/mol. The number of methoxy groups -OCH3 is 1. The molecule has 0 unspecified atom stereocenters. The zero-order chi connectivity index (χ0) is 18.9. The first-order valence-electron chi connectivity index (χ1n) is 8.15. The third kappa shape index (κ3) is 5.23. The largest absolute Gasteiger partial charge is 0.496 e. The summed E-state index contributed by atoms with van der Waals surface area (Å²) in [7, 11) is 1.51. The van der Waals surface area contributed by atoms with Gasteiger partial charge < -0.3 is 14.2 Å². The highest BCUT2D eigenvalue weighted by atomic mass is 79.9. The van der Waals surface area contributed by atoms with Gasteiger partial charge in [-0.1, -0.05) is 15.9 Å². The zero-order valence-corrected chi connectivity index (χ0v) is 16.5. The van der Waals surface area contributed by atoms with Crippen LogP contribution >= 0.6 is 15.9 Å². The van der Waals surface area contributed by atoms with Crippen molar-refractivity contribution in [3.63, 3.8) is 0 Å². The lowest BCUT2D eigenvalue weighted by atomic mass is 10.2. The molecule has 0 heterocycles. The second-order valence-electron chi connectivity index (χ2n) is 5.11. The lowest BCUT2D eigenvalue weighted by molar-refractivity contribution is 0.0952. The predicted octanol–water partition coefficient (Wildman–Crippen LogP) is 4.02. The quantitative estimate of drug-likeness (QED) is 0.517. The third-order valence-corrected chi connectivity index (χ3v) is 3.87. The van der Waals surface area contributed by atoms with Gasteiger partial charge in [-0.2, -0.15) is 5.10 Å². The van der Waals surface area contributed by atoms with Crippen LogP contribution in [0.1, 0.15) is 29.8 Å². The Morgan fingerprint density at radius 2 is 1.88 bits per heavy atom. The number of nitrogens with one attached hydrogen (secondary N) is 1. The van der Waals surface area contributed by atoms with Gasteiger partial charge in [-0.3, -0.25) is 4.79 Å². The topological polar surface area (TPSA) is 69.2 Å². The van der Waals surface area contributed by atoms with E-state index in [0.717, 1.165) is 15.8 Å². The molecule has 0 saturated carbocycles. The van der Waals surface area contributed by atoms with Gasteiger partial charge in [-0.25, -0.2) is 5.43 Å². The third-order valence-electron chi connectivity index (χ3n) is 3.37. The molecule has 0 radical (unpaired) electrons. The molecular weight excluding hydrogens is 400 g/mol. The number of benzene rings is 2. The van der Waals surface area contributed by atoms with Gasteiger partial charge in [0.1, 0.15) is 17.2 Å². The summed E-state index contributed by atoms with van der Waals surface area (Å²) in [6.07, 6.45) is 1.53. The second kappa shape index (κ2) is 9.82. The summed E-state index contributed by atoms with van der Waals surface area (Å²) < 4.78 is 17.1. The van der Waals surface area contributed by atoms with Crippen LogP contribution < -0.4 is 19.6 Å². The summed E-state index contributed by atoms with van der Waals surface area (Å²) in [6, 6.07) is 10.6. The number of halogens is 1. The Bertz CT molecular complexity index is 793. The van der Waals surface area contributed by atoms with Gasteiger partial charge in [0.25, 0.3) is 5.91 Å². The van der Waals surface area contributed by atoms with Gasteiger partial charge >= 0.3 is 0 Å². The molecule has 0 aliphatic carbocycles. The van der Waals surface area contributed by atoms with Crippen molar-refractivity contribution in [2.75, 3.05) is 20.3 Å². The number of hydrogen-bond acceptors (Lipinski definition) is 5. The van der Waals surface area contributed by atoms with Crippen LogP contribution in [0.5, 0.6) is 17.2 Å². The van der Waals surface area contributed by atoms with Crippen molar-refractivity contribution >= 4 is 28.1 Å². The van der Waals surface area contributed by atoms with Crippen molar-refractivity contribution in [2.24, 2.45) is 5.10 Å². The van der Waals surface area contributed by atoms with E-state index in [1.807, 2.05) is 26.0 Å². The minimum atomic E-state index is -0.372. The normalized spacial score (nSPS) is 10.6.